The fourth-order valence-electron chi connectivity index (χ4n) is 2.22. The summed E-state index contributed by atoms with van der Waals surface area (Å²) in [6.07, 6.45) is 6.59. The topological polar surface area (TPSA) is 177 Å². The summed E-state index contributed by atoms with van der Waals surface area (Å²) < 4.78 is 0. The van der Waals surface area contributed by atoms with E-state index in [1.165, 1.54) is 18.5 Å². The Morgan fingerprint density at radius 2 is 2.00 bits per heavy atom. The number of anilines is 2. The monoisotopic (exact) mass is 336 g/mol. The molecule has 0 fully saturated rings. The molecule has 0 aliphatic heterocycles. The smallest absolute Gasteiger partial charge is 0.135 e. The van der Waals surface area contributed by atoms with Crippen LogP contribution >= 0.6 is 0 Å². The molecule has 128 valence electrons. The first kappa shape index (κ1) is 17.7. The zero-order valence-electron chi connectivity index (χ0n) is 13.5. The lowest BCUT2D eigenvalue weighted by Crippen LogP contribution is -2.05. The van der Waals surface area contributed by atoms with Gasteiger partial charge in [0.25, 0.3) is 0 Å². The van der Waals surface area contributed by atoms with Crippen LogP contribution in [0.3, 0.4) is 0 Å². The number of benzene rings is 1. The molecule has 8 nitrogen and oxygen atoms in total. The summed E-state index contributed by atoms with van der Waals surface area (Å²) in [6.45, 7) is 0.251. The molecule has 2 aromatic rings. The standard InChI is InChI=1S/C17H20N8/c18-4-3-14(21)11-1-2-12-15(5-11)25-17(23)13(16(12)22)9-24-8-10(6-19)7-20/h1-7,9,18-19H,8,20-21H2,(H4,22,23,25). The fourth-order valence-corrected chi connectivity index (χ4v) is 2.22. The lowest BCUT2D eigenvalue weighted by Gasteiger charge is -2.10. The minimum absolute atomic E-state index is 0.244. The van der Waals surface area contributed by atoms with Gasteiger partial charge in [-0.15, -0.1) is 0 Å². The Hall–Kier alpha value is -3.68. The highest BCUT2D eigenvalue weighted by Crippen LogP contribution is 2.28. The number of rotatable bonds is 6. The molecule has 1 aromatic carbocycles. The highest BCUT2D eigenvalue weighted by atomic mass is 14.9. The number of aromatic nitrogens is 1. The molecular formula is C17H20N8. The van der Waals surface area contributed by atoms with E-state index in [9.17, 15) is 0 Å². The minimum atomic E-state index is 0.244. The summed E-state index contributed by atoms with van der Waals surface area (Å²) >= 11 is 0. The predicted molar refractivity (Wildman–Crippen MR) is 105 cm³/mol. The third-order valence-corrected chi connectivity index (χ3v) is 3.58. The van der Waals surface area contributed by atoms with Gasteiger partial charge in [-0.2, -0.15) is 0 Å². The highest BCUT2D eigenvalue weighted by molar-refractivity contribution is 6.05. The molecule has 1 heterocycles. The van der Waals surface area contributed by atoms with E-state index in [-0.39, 0.29) is 12.4 Å². The summed E-state index contributed by atoms with van der Waals surface area (Å²) in [7, 11) is 0. The molecule has 2 rings (SSSR count). The van der Waals surface area contributed by atoms with E-state index in [0.29, 0.717) is 28.0 Å². The van der Waals surface area contributed by atoms with Crippen LogP contribution in [0.4, 0.5) is 11.5 Å². The second-order valence-electron chi connectivity index (χ2n) is 5.20. The maximum Gasteiger partial charge on any atom is 0.135 e. The van der Waals surface area contributed by atoms with E-state index in [1.54, 1.807) is 18.2 Å². The number of aliphatic imine (C=N–C) groups is 1. The number of pyridine rings is 1. The molecule has 0 bridgehead atoms. The molecule has 1 aromatic heterocycles. The van der Waals surface area contributed by atoms with E-state index in [2.05, 4.69) is 9.98 Å². The normalized spacial score (nSPS) is 12.6. The Kier molecular flexibility index (Phi) is 5.47. The molecule has 8 heteroatoms. The van der Waals surface area contributed by atoms with Gasteiger partial charge in [0.15, 0.2) is 0 Å². The van der Waals surface area contributed by atoms with Gasteiger partial charge in [-0.25, -0.2) is 4.98 Å². The van der Waals surface area contributed by atoms with E-state index in [4.69, 9.17) is 33.8 Å². The Morgan fingerprint density at radius 3 is 2.64 bits per heavy atom. The molecule has 0 saturated carbocycles. The quantitative estimate of drug-likeness (QED) is 0.434. The third kappa shape index (κ3) is 3.81. The highest BCUT2D eigenvalue weighted by Gasteiger charge is 2.10. The van der Waals surface area contributed by atoms with Crippen molar-refractivity contribution < 1.29 is 0 Å². The van der Waals surface area contributed by atoms with Gasteiger partial charge in [0, 0.05) is 41.5 Å². The number of nitrogen functional groups attached to an aromatic ring is 2. The van der Waals surface area contributed by atoms with E-state index in [1.807, 2.05) is 0 Å². The molecule has 0 aliphatic rings. The van der Waals surface area contributed by atoms with Crippen LogP contribution in [0.1, 0.15) is 11.1 Å². The molecule has 0 unspecified atom stereocenters. The Balaban J connectivity index is 2.46. The zero-order chi connectivity index (χ0) is 18.4. The van der Waals surface area contributed by atoms with Gasteiger partial charge < -0.3 is 33.8 Å². The molecule has 0 radical (unpaired) electrons. The van der Waals surface area contributed by atoms with Gasteiger partial charge in [0.2, 0.25) is 0 Å². The van der Waals surface area contributed by atoms with Crippen molar-refractivity contribution in [1.29, 1.82) is 10.8 Å². The maximum absolute atomic E-state index is 7.18. The molecule has 10 N–H and O–H groups in total. The van der Waals surface area contributed by atoms with Gasteiger partial charge in [-0.3, -0.25) is 4.99 Å². The molecule has 25 heavy (non-hydrogen) atoms. The van der Waals surface area contributed by atoms with Crippen molar-refractivity contribution in [1.82, 2.24) is 4.98 Å². The van der Waals surface area contributed by atoms with Gasteiger partial charge in [0.1, 0.15) is 5.82 Å². The number of nitrogens with zero attached hydrogens (tertiary/aromatic N) is 2. The minimum Gasteiger partial charge on any atom is -0.404 e. The van der Waals surface area contributed by atoms with Crippen molar-refractivity contribution in [2.24, 2.45) is 16.5 Å². The van der Waals surface area contributed by atoms with Crippen molar-refractivity contribution in [3.05, 3.63) is 47.2 Å². The molecule has 0 saturated heterocycles. The number of nitrogens with one attached hydrogen (secondary N) is 2. The number of nitrogens with two attached hydrogens (primary N) is 4. The van der Waals surface area contributed by atoms with Crippen LogP contribution in [-0.4, -0.2) is 30.2 Å². The van der Waals surface area contributed by atoms with Crippen LogP contribution in [0, 0.1) is 10.8 Å². The summed E-state index contributed by atoms with van der Waals surface area (Å²) in [6, 6.07) is 5.37. The van der Waals surface area contributed by atoms with Crippen molar-refractivity contribution >= 4 is 46.7 Å². The van der Waals surface area contributed by atoms with Crippen LogP contribution < -0.4 is 22.9 Å². The van der Waals surface area contributed by atoms with E-state index >= 15 is 0 Å². The Bertz CT molecular complexity index is 908. The van der Waals surface area contributed by atoms with Gasteiger partial charge in [0.05, 0.1) is 23.3 Å². The Labute approximate surface area is 144 Å². The first-order chi connectivity index (χ1) is 12.0. The second kappa shape index (κ2) is 7.73. The summed E-state index contributed by atoms with van der Waals surface area (Å²) in [4.78, 5) is 8.56. The van der Waals surface area contributed by atoms with Crippen LogP contribution in [0.5, 0.6) is 0 Å². The SMILES string of the molecule is N=CC=C(N)c1ccc2c(N)c(C=NCC(C=N)=CN)c(N)nc2c1. The number of hydrogen-bond donors (Lipinski definition) is 6. The van der Waals surface area contributed by atoms with Gasteiger partial charge >= 0.3 is 0 Å². The fraction of sp³-hybridized carbons (Fsp3) is 0.0588. The zero-order valence-corrected chi connectivity index (χ0v) is 13.5. The molecular weight excluding hydrogens is 316 g/mol. The van der Waals surface area contributed by atoms with Crippen molar-refractivity contribution in [3.63, 3.8) is 0 Å². The van der Waals surface area contributed by atoms with Crippen molar-refractivity contribution in [3.8, 4) is 0 Å². The lowest BCUT2D eigenvalue weighted by atomic mass is 10.0. The molecule has 0 amide bonds. The molecule has 0 aliphatic carbocycles. The van der Waals surface area contributed by atoms with Crippen LogP contribution in [0.2, 0.25) is 0 Å². The van der Waals surface area contributed by atoms with Crippen molar-refractivity contribution in [2.75, 3.05) is 18.0 Å². The lowest BCUT2D eigenvalue weighted by molar-refractivity contribution is 1.20. The summed E-state index contributed by atoms with van der Waals surface area (Å²) in [5, 5.41) is 15.0. The van der Waals surface area contributed by atoms with E-state index in [0.717, 1.165) is 23.4 Å². The largest absolute Gasteiger partial charge is 0.404 e. The van der Waals surface area contributed by atoms with Gasteiger partial charge in [-0.05, 0) is 17.7 Å². The third-order valence-electron chi connectivity index (χ3n) is 3.58. The number of fused-ring (bicyclic) bond motifs is 1. The molecule has 0 atom stereocenters. The Morgan fingerprint density at radius 1 is 1.24 bits per heavy atom. The number of allylic oxidation sites excluding steroid dienone is 1. The molecule has 0 spiro atoms. The first-order valence-corrected chi connectivity index (χ1v) is 7.38. The predicted octanol–water partition coefficient (Wildman–Crippen LogP) is 1.26. The number of hydrogen-bond acceptors (Lipinski definition) is 8. The average molecular weight is 336 g/mol. The second-order valence-corrected chi connectivity index (χ2v) is 5.20. The average Bonchev–Trinajstić information content (AvgIpc) is 2.61. The first-order valence-electron chi connectivity index (χ1n) is 7.38. The van der Waals surface area contributed by atoms with E-state index < -0.39 is 0 Å². The van der Waals surface area contributed by atoms with Crippen LogP contribution in [-0.2, 0) is 0 Å². The van der Waals surface area contributed by atoms with Crippen LogP contribution in [0.25, 0.3) is 16.6 Å². The van der Waals surface area contributed by atoms with Gasteiger partial charge in [-0.1, -0.05) is 12.1 Å². The summed E-state index contributed by atoms with van der Waals surface area (Å²) in [5.41, 5.74) is 26.8. The van der Waals surface area contributed by atoms with Crippen molar-refractivity contribution in [2.45, 2.75) is 0 Å². The maximum atomic E-state index is 7.18. The summed E-state index contributed by atoms with van der Waals surface area (Å²) in [5.74, 6) is 0.244. The van der Waals surface area contributed by atoms with Crippen LogP contribution in [0.15, 0.2) is 41.0 Å².